The van der Waals surface area contributed by atoms with Gasteiger partial charge in [-0.3, -0.25) is 14.4 Å². The zero-order valence-electron chi connectivity index (χ0n) is 14.5. The molecule has 0 spiro atoms. The third-order valence-electron chi connectivity index (χ3n) is 3.50. The summed E-state index contributed by atoms with van der Waals surface area (Å²) in [4.78, 5) is 37.7. The second-order valence-electron chi connectivity index (χ2n) is 5.41. The minimum atomic E-state index is -0.800. The number of rotatable bonds is 13. The Morgan fingerprint density at radius 3 is 2.22 bits per heavy atom. The number of nitrogens with zero attached hydrogens (tertiary/aromatic N) is 2. The smallest absolute Gasteiger partial charge is 0.304 e. The van der Waals surface area contributed by atoms with Gasteiger partial charge < -0.3 is 14.9 Å². The number of carboxylic acid groups (broad SMARTS) is 1. The van der Waals surface area contributed by atoms with E-state index in [1.165, 1.54) is 11.8 Å². The SMILES string of the molecule is CCCCC(=O)N(C)CCN(CCSCCC(=O)O)C(=O)CC. The summed E-state index contributed by atoms with van der Waals surface area (Å²) in [5.41, 5.74) is 0. The first-order valence-corrected chi connectivity index (χ1v) is 9.39. The molecule has 0 unspecified atom stereocenters. The molecule has 0 aliphatic rings. The van der Waals surface area contributed by atoms with Gasteiger partial charge in [-0.25, -0.2) is 0 Å². The molecule has 0 bridgehead atoms. The summed E-state index contributed by atoms with van der Waals surface area (Å²) in [5, 5.41) is 8.59. The highest BCUT2D eigenvalue weighted by Crippen LogP contribution is 2.06. The Bertz CT molecular complexity index is 377. The van der Waals surface area contributed by atoms with Crippen molar-refractivity contribution in [2.24, 2.45) is 0 Å². The summed E-state index contributed by atoms with van der Waals surface area (Å²) in [6.07, 6.45) is 3.02. The van der Waals surface area contributed by atoms with Gasteiger partial charge in [0.1, 0.15) is 0 Å². The molecule has 0 aromatic carbocycles. The van der Waals surface area contributed by atoms with Crippen molar-refractivity contribution in [3.05, 3.63) is 0 Å². The van der Waals surface area contributed by atoms with Crippen molar-refractivity contribution in [1.29, 1.82) is 0 Å². The Balaban J connectivity index is 4.16. The van der Waals surface area contributed by atoms with E-state index in [1.54, 1.807) is 16.8 Å². The van der Waals surface area contributed by atoms with Crippen molar-refractivity contribution >= 4 is 29.5 Å². The summed E-state index contributed by atoms with van der Waals surface area (Å²) in [5.74, 6) is 0.654. The average molecular weight is 346 g/mol. The minimum Gasteiger partial charge on any atom is -0.481 e. The third-order valence-corrected chi connectivity index (χ3v) is 4.46. The molecule has 0 aromatic rings. The zero-order chi connectivity index (χ0) is 17.7. The molecule has 0 aromatic heterocycles. The van der Waals surface area contributed by atoms with Crippen molar-refractivity contribution in [2.45, 2.75) is 46.0 Å². The fraction of sp³-hybridized carbons (Fsp3) is 0.812. The molecule has 0 fully saturated rings. The van der Waals surface area contributed by atoms with E-state index in [4.69, 9.17) is 5.11 Å². The van der Waals surface area contributed by atoms with Gasteiger partial charge in [0.2, 0.25) is 11.8 Å². The topological polar surface area (TPSA) is 77.9 Å². The van der Waals surface area contributed by atoms with Crippen LogP contribution in [0.25, 0.3) is 0 Å². The van der Waals surface area contributed by atoms with E-state index >= 15 is 0 Å². The first kappa shape index (κ1) is 21.8. The Morgan fingerprint density at radius 1 is 0.957 bits per heavy atom. The molecule has 0 heterocycles. The van der Waals surface area contributed by atoms with Crippen LogP contribution in [0.2, 0.25) is 0 Å². The van der Waals surface area contributed by atoms with Gasteiger partial charge in [0, 0.05) is 51.0 Å². The number of likely N-dealkylation sites (N-methyl/N-ethyl adjacent to an activating group) is 1. The molecule has 0 atom stereocenters. The van der Waals surface area contributed by atoms with Crippen molar-refractivity contribution in [3.8, 4) is 0 Å². The zero-order valence-corrected chi connectivity index (χ0v) is 15.4. The van der Waals surface area contributed by atoms with Crippen molar-refractivity contribution in [2.75, 3.05) is 38.2 Å². The number of hydrogen-bond acceptors (Lipinski definition) is 4. The lowest BCUT2D eigenvalue weighted by Gasteiger charge is -2.25. The lowest BCUT2D eigenvalue weighted by Crippen LogP contribution is -2.40. The lowest BCUT2D eigenvalue weighted by atomic mass is 10.2. The van der Waals surface area contributed by atoms with Crippen LogP contribution >= 0.6 is 11.8 Å². The van der Waals surface area contributed by atoms with Gasteiger partial charge in [0.05, 0.1) is 6.42 Å². The molecule has 7 heteroatoms. The third kappa shape index (κ3) is 11.0. The number of carbonyl (C=O) groups excluding carboxylic acids is 2. The van der Waals surface area contributed by atoms with Crippen LogP contribution < -0.4 is 0 Å². The molecule has 6 nitrogen and oxygen atoms in total. The van der Waals surface area contributed by atoms with Crippen LogP contribution in [0.3, 0.4) is 0 Å². The molecule has 0 saturated carbocycles. The maximum atomic E-state index is 12.0. The first-order chi connectivity index (χ1) is 10.9. The average Bonchev–Trinajstić information content (AvgIpc) is 2.53. The van der Waals surface area contributed by atoms with E-state index in [0.717, 1.165) is 12.8 Å². The van der Waals surface area contributed by atoms with Gasteiger partial charge in [-0.2, -0.15) is 11.8 Å². The molecule has 0 rings (SSSR count). The fourth-order valence-corrected chi connectivity index (χ4v) is 2.81. The van der Waals surface area contributed by atoms with Crippen LogP contribution in [0.5, 0.6) is 0 Å². The van der Waals surface area contributed by atoms with E-state index in [9.17, 15) is 14.4 Å². The van der Waals surface area contributed by atoms with Crippen molar-refractivity contribution < 1.29 is 19.5 Å². The van der Waals surface area contributed by atoms with Crippen LogP contribution in [-0.2, 0) is 14.4 Å². The van der Waals surface area contributed by atoms with Gasteiger partial charge in [-0.15, -0.1) is 0 Å². The predicted molar refractivity (Wildman–Crippen MR) is 93.6 cm³/mol. The molecule has 0 aliphatic heterocycles. The van der Waals surface area contributed by atoms with Gasteiger partial charge >= 0.3 is 5.97 Å². The van der Waals surface area contributed by atoms with E-state index in [0.29, 0.717) is 44.0 Å². The summed E-state index contributed by atoms with van der Waals surface area (Å²) >= 11 is 1.53. The highest BCUT2D eigenvalue weighted by Gasteiger charge is 2.14. The number of amides is 2. The second kappa shape index (κ2) is 13.2. The molecule has 0 radical (unpaired) electrons. The Kier molecular flexibility index (Phi) is 12.5. The van der Waals surface area contributed by atoms with E-state index < -0.39 is 5.97 Å². The van der Waals surface area contributed by atoms with Crippen LogP contribution in [0.1, 0.15) is 46.0 Å². The molecule has 134 valence electrons. The van der Waals surface area contributed by atoms with Crippen LogP contribution in [0, 0.1) is 0 Å². The van der Waals surface area contributed by atoms with E-state index in [1.807, 2.05) is 6.92 Å². The normalized spacial score (nSPS) is 10.4. The molecule has 23 heavy (non-hydrogen) atoms. The fourth-order valence-electron chi connectivity index (χ4n) is 1.94. The second-order valence-corrected chi connectivity index (χ2v) is 6.63. The molecule has 0 saturated heterocycles. The van der Waals surface area contributed by atoms with Crippen LogP contribution in [0.4, 0.5) is 0 Å². The predicted octanol–water partition coefficient (Wildman–Crippen LogP) is 2.08. The van der Waals surface area contributed by atoms with Crippen LogP contribution in [0.15, 0.2) is 0 Å². The number of thioether (sulfide) groups is 1. The Hall–Kier alpha value is -1.24. The summed E-state index contributed by atoms with van der Waals surface area (Å²) in [6.45, 7) is 5.53. The van der Waals surface area contributed by atoms with Gasteiger partial charge in [0.15, 0.2) is 0 Å². The van der Waals surface area contributed by atoms with Crippen molar-refractivity contribution in [3.63, 3.8) is 0 Å². The lowest BCUT2D eigenvalue weighted by molar-refractivity contribution is -0.136. The molecule has 1 N–H and O–H groups in total. The van der Waals surface area contributed by atoms with Gasteiger partial charge in [-0.1, -0.05) is 20.3 Å². The monoisotopic (exact) mass is 346 g/mol. The largest absolute Gasteiger partial charge is 0.481 e. The van der Waals surface area contributed by atoms with Crippen molar-refractivity contribution in [1.82, 2.24) is 9.80 Å². The van der Waals surface area contributed by atoms with Crippen LogP contribution in [-0.4, -0.2) is 70.9 Å². The maximum Gasteiger partial charge on any atom is 0.304 e. The molecular formula is C16H30N2O4S. The Morgan fingerprint density at radius 2 is 1.65 bits per heavy atom. The molecule has 2 amide bonds. The number of aliphatic carboxylic acids is 1. The summed E-state index contributed by atoms with van der Waals surface area (Å²) in [7, 11) is 1.77. The standard InChI is InChI=1S/C16H30N2O4S/c1-4-6-7-15(20)17(3)9-10-18(14(19)5-2)11-13-23-12-8-16(21)22/h4-13H2,1-3H3,(H,21,22). The quantitative estimate of drug-likeness (QED) is 0.517. The van der Waals surface area contributed by atoms with E-state index in [-0.39, 0.29) is 18.2 Å². The number of hydrogen-bond donors (Lipinski definition) is 1. The summed E-state index contributed by atoms with van der Waals surface area (Å²) in [6, 6.07) is 0. The maximum absolute atomic E-state index is 12.0. The summed E-state index contributed by atoms with van der Waals surface area (Å²) < 4.78 is 0. The van der Waals surface area contributed by atoms with E-state index in [2.05, 4.69) is 6.92 Å². The number of unbranched alkanes of at least 4 members (excludes halogenated alkanes) is 1. The highest BCUT2D eigenvalue weighted by atomic mass is 32.2. The minimum absolute atomic E-state index is 0.0678. The van der Waals surface area contributed by atoms with Gasteiger partial charge in [-0.05, 0) is 6.42 Å². The molecular weight excluding hydrogens is 316 g/mol. The molecule has 0 aliphatic carbocycles. The van der Waals surface area contributed by atoms with Gasteiger partial charge in [0.25, 0.3) is 0 Å². The highest BCUT2D eigenvalue weighted by molar-refractivity contribution is 7.99. The first-order valence-electron chi connectivity index (χ1n) is 8.23. The Labute approximate surface area is 143 Å². The number of carbonyl (C=O) groups is 3. The number of carboxylic acids is 1.